The van der Waals surface area contributed by atoms with Gasteiger partial charge in [-0.1, -0.05) is 18.2 Å². The van der Waals surface area contributed by atoms with Gasteiger partial charge < -0.3 is 0 Å². The zero-order chi connectivity index (χ0) is 18.0. The van der Waals surface area contributed by atoms with Crippen molar-refractivity contribution in [2.45, 2.75) is 24.9 Å². The third-order valence-corrected chi connectivity index (χ3v) is 8.87. The van der Waals surface area contributed by atoms with E-state index in [4.69, 9.17) is 0 Å². The third kappa shape index (κ3) is 0.918. The van der Waals surface area contributed by atoms with E-state index in [-0.39, 0.29) is 40.9 Å². The number of carbonyl (C=O) groups excluding carboxylic acids is 2. The molecule has 0 radical (unpaired) electrons. The van der Waals surface area contributed by atoms with Crippen molar-refractivity contribution in [2.24, 2.45) is 34.5 Å². The number of ketones is 2. The number of Topliss-reactive ketones (excluding diaryl/α,β-unsaturated/α-hetero) is 2. The largest absolute Gasteiger partial charge is 0.352 e. The summed E-state index contributed by atoms with van der Waals surface area (Å²) < 4.78 is 4.35. The lowest BCUT2D eigenvalue weighted by molar-refractivity contribution is -0.149. The van der Waals surface area contributed by atoms with Crippen LogP contribution in [0.1, 0.15) is 24.9 Å². The molecule has 2 bridgehead atoms. The molecule has 1 aromatic carbocycles. The van der Waals surface area contributed by atoms with Gasteiger partial charge in [0.15, 0.2) is 0 Å². The van der Waals surface area contributed by atoms with E-state index in [2.05, 4.69) is 0 Å². The molecule has 7 nitrogen and oxygen atoms in total. The Balaban J connectivity index is 1.50. The summed E-state index contributed by atoms with van der Waals surface area (Å²) in [6.07, 6.45) is 0.589. The smallest absolute Gasteiger partial charge is 0.299 e. The van der Waals surface area contributed by atoms with E-state index < -0.39 is 10.8 Å². The minimum atomic E-state index is -0.684. The molecule has 3 heterocycles. The van der Waals surface area contributed by atoms with E-state index in [1.165, 1.54) is 4.57 Å². The average Bonchev–Trinajstić information content (AvgIpc) is 3.45. The van der Waals surface area contributed by atoms with E-state index >= 15 is 0 Å². The summed E-state index contributed by atoms with van der Waals surface area (Å²) >= 11 is 0. The second-order valence-corrected chi connectivity index (χ2v) is 9.11. The van der Waals surface area contributed by atoms with Crippen molar-refractivity contribution in [2.75, 3.05) is 0 Å². The van der Waals surface area contributed by atoms with Gasteiger partial charge in [-0.2, -0.15) is 0 Å². The number of rotatable bonds is 1. The van der Waals surface area contributed by atoms with Gasteiger partial charge in [-0.15, -0.1) is 0 Å². The first-order valence-electron chi connectivity index (χ1n) is 9.67. The maximum atomic E-state index is 13.3. The second-order valence-electron chi connectivity index (χ2n) is 9.11. The Morgan fingerprint density at radius 3 is 1.78 bits per heavy atom. The molecule has 6 atom stereocenters. The molecule has 0 amide bonds. The Hall–Kier alpha value is -2.70. The van der Waals surface area contributed by atoms with Crippen LogP contribution in [0.5, 0.6) is 0 Å². The highest BCUT2D eigenvalue weighted by molar-refractivity contribution is 6.10. The first-order valence-corrected chi connectivity index (χ1v) is 9.67. The van der Waals surface area contributed by atoms with E-state index in [0.717, 1.165) is 0 Å². The zero-order valence-electron chi connectivity index (χ0n) is 14.2. The number of hydrogen-bond acceptors (Lipinski definition) is 4. The number of nitrogens with zero attached hydrogens (tertiary/aromatic N) is 3. The van der Waals surface area contributed by atoms with Crippen LogP contribution in [-0.4, -0.2) is 25.5 Å². The van der Waals surface area contributed by atoms with E-state index in [1.54, 1.807) is 33.6 Å². The average molecular weight is 361 g/mol. The highest BCUT2D eigenvalue weighted by atomic mass is 16.2. The number of carbonyl (C=O) groups is 2. The molecule has 0 N–H and O–H groups in total. The Morgan fingerprint density at radius 2 is 1.26 bits per heavy atom. The van der Waals surface area contributed by atoms with Gasteiger partial charge >= 0.3 is 11.4 Å². The second kappa shape index (κ2) is 3.41. The molecule has 134 valence electrons. The molecular weight excluding hydrogens is 346 g/mol. The van der Waals surface area contributed by atoms with Crippen LogP contribution in [0.15, 0.2) is 39.9 Å². The fourth-order valence-corrected chi connectivity index (χ4v) is 8.56. The van der Waals surface area contributed by atoms with Crippen LogP contribution >= 0.6 is 0 Å². The molecule has 2 spiro atoms. The van der Waals surface area contributed by atoms with Crippen LogP contribution in [-0.2, 0) is 9.59 Å². The van der Waals surface area contributed by atoms with Crippen molar-refractivity contribution < 1.29 is 9.59 Å². The monoisotopic (exact) mass is 361 g/mol. The minimum absolute atomic E-state index is 0.0777. The van der Waals surface area contributed by atoms with E-state index in [9.17, 15) is 19.2 Å². The molecule has 5 saturated carbocycles. The molecule has 5 aliphatic carbocycles. The zero-order valence-corrected chi connectivity index (χ0v) is 14.2. The molecule has 27 heavy (non-hydrogen) atoms. The van der Waals surface area contributed by atoms with Crippen LogP contribution in [0.3, 0.4) is 0 Å². The Morgan fingerprint density at radius 1 is 0.741 bits per heavy atom. The van der Waals surface area contributed by atoms with Gasteiger partial charge in [-0.05, 0) is 35.8 Å². The number of para-hydroxylation sites is 1. The Labute approximate surface area is 152 Å². The van der Waals surface area contributed by atoms with Gasteiger partial charge in [-0.3, -0.25) is 9.59 Å². The quantitative estimate of drug-likeness (QED) is 0.732. The summed E-state index contributed by atoms with van der Waals surface area (Å²) in [5.41, 5.74) is -1.57. The maximum absolute atomic E-state index is 13.3. The summed E-state index contributed by atoms with van der Waals surface area (Å²) in [5.74, 6) is 1.33. The van der Waals surface area contributed by atoms with Crippen LogP contribution in [0.4, 0.5) is 0 Å². The lowest BCUT2D eigenvalue weighted by atomic mass is 9.63. The lowest BCUT2D eigenvalue weighted by Gasteiger charge is -2.48. The summed E-state index contributed by atoms with van der Waals surface area (Å²) in [7, 11) is 0. The molecule has 2 aliphatic heterocycles. The van der Waals surface area contributed by atoms with Gasteiger partial charge in [0.2, 0.25) is 0 Å². The van der Waals surface area contributed by atoms with Crippen molar-refractivity contribution in [3.63, 3.8) is 0 Å². The molecule has 0 saturated heterocycles. The Bertz CT molecular complexity index is 1190. The third-order valence-electron chi connectivity index (χ3n) is 8.87. The first-order chi connectivity index (χ1) is 13.1. The highest BCUT2D eigenvalue weighted by Crippen LogP contribution is 3.03. The van der Waals surface area contributed by atoms with Crippen molar-refractivity contribution in [3.05, 3.63) is 51.3 Å². The fourth-order valence-electron chi connectivity index (χ4n) is 8.56. The molecule has 9 rings (SSSR count). The van der Waals surface area contributed by atoms with Crippen molar-refractivity contribution in [3.8, 4) is 5.69 Å². The molecule has 5 fully saturated rings. The normalized spacial score (nSPS) is 48.4. The lowest BCUT2D eigenvalue weighted by Crippen LogP contribution is -2.58. The fraction of sp³-hybridized carbons (Fsp3) is 0.500. The molecule has 7 aliphatic rings. The first kappa shape index (κ1) is 13.5. The SMILES string of the molecule is O=C1CCC(=O)C23C4C5C6C5C2C13C6n1c(=O)n(-c2ccccc2)c(=O)n14. The summed E-state index contributed by atoms with van der Waals surface area (Å²) in [5, 5.41) is 0. The maximum Gasteiger partial charge on any atom is 0.352 e. The van der Waals surface area contributed by atoms with Gasteiger partial charge in [-0.25, -0.2) is 23.5 Å². The van der Waals surface area contributed by atoms with Crippen molar-refractivity contribution in [1.29, 1.82) is 0 Å². The molecule has 1 aromatic heterocycles. The Kier molecular flexibility index (Phi) is 1.70. The van der Waals surface area contributed by atoms with Crippen LogP contribution in [0.2, 0.25) is 0 Å². The van der Waals surface area contributed by atoms with Crippen LogP contribution in [0, 0.1) is 34.5 Å². The standard InChI is InChI=1S/C20H15N3O4/c24-9-6-7-10(25)20-14-11-12-13(11)16(20)23-18(27)21(8-4-2-1-3-5-8)17(26)22(23)15(12)19(9,14)20/h1-5,11-16H,6-7H2. The molecule has 7 heteroatoms. The predicted octanol–water partition coefficient (Wildman–Crippen LogP) is 0.320. The summed E-state index contributed by atoms with van der Waals surface area (Å²) in [6, 6.07) is 8.30. The van der Waals surface area contributed by atoms with Gasteiger partial charge in [0.05, 0.1) is 28.6 Å². The number of aromatic nitrogens is 3. The summed E-state index contributed by atoms with van der Waals surface area (Å²) in [6.45, 7) is 0. The molecular formula is C20H15N3O4. The molecule has 2 aromatic rings. The molecule has 6 unspecified atom stereocenters. The van der Waals surface area contributed by atoms with E-state index in [1.807, 2.05) is 6.07 Å². The van der Waals surface area contributed by atoms with E-state index in [0.29, 0.717) is 36.3 Å². The topological polar surface area (TPSA) is 83.1 Å². The van der Waals surface area contributed by atoms with Gasteiger partial charge in [0, 0.05) is 12.8 Å². The van der Waals surface area contributed by atoms with Crippen LogP contribution in [0.25, 0.3) is 5.69 Å². The highest BCUT2D eigenvalue weighted by Gasteiger charge is 3.07. The van der Waals surface area contributed by atoms with Crippen LogP contribution < -0.4 is 11.4 Å². The van der Waals surface area contributed by atoms with Gasteiger partial charge in [0.25, 0.3) is 0 Å². The minimum Gasteiger partial charge on any atom is -0.299 e. The van der Waals surface area contributed by atoms with Crippen molar-refractivity contribution in [1.82, 2.24) is 13.9 Å². The van der Waals surface area contributed by atoms with Gasteiger partial charge in [0.1, 0.15) is 11.6 Å². The number of benzene rings is 1. The predicted molar refractivity (Wildman–Crippen MR) is 90.4 cm³/mol. The number of hydrogen-bond donors (Lipinski definition) is 0. The van der Waals surface area contributed by atoms with Crippen molar-refractivity contribution >= 4 is 11.6 Å². The summed E-state index contributed by atoms with van der Waals surface area (Å²) in [4.78, 5) is 52.8.